The molecule has 0 fully saturated rings. The average Bonchev–Trinajstić information content (AvgIpc) is 2.75. The molecule has 0 bridgehead atoms. The Labute approximate surface area is 180 Å². The van der Waals surface area contributed by atoms with E-state index in [9.17, 15) is 10.1 Å². The lowest BCUT2D eigenvalue weighted by Crippen LogP contribution is -2.28. The zero-order chi connectivity index (χ0) is 21.5. The van der Waals surface area contributed by atoms with Crippen molar-refractivity contribution in [3.63, 3.8) is 0 Å². The van der Waals surface area contributed by atoms with Gasteiger partial charge in [0.1, 0.15) is 5.82 Å². The lowest BCUT2D eigenvalue weighted by molar-refractivity contribution is -0.384. The van der Waals surface area contributed by atoms with Crippen molar-refractivity contribution in [3.05, 3.63) is 69.0 Å². The Balaban J connectivity index is 1.85. The molecule has 30 heavy (non-hydrogen) atoms. The van der Waals surface area contributed by atoms with Crippen molar-refractivity contribution in [2.75, 3.05) is 31.5 Å². The molecule has 3 aromatic rings. The van der Waals surface area contributed by atoms with Crippen molar-refractivity contribution in [3.8, 4) is 0 Å². The molecule has 156 valence electrons. The number of benzene rings is 2. The predicted molar refractivity (Wildman–Crippen MR) is 123 cm³/mol. The fourth-order valence-electron chi connectivity index (χ4n) is 3.08. The van der Waals surface area contributed by atoms with Gasteiger partial charge in [0.15, 0.2) is 5.82 Å². The smallest absolute Gasteiger partial charge is 0.269 e. The number of nitrogens with one attached hydrogen (secondary N) is 1. The van der Waals surface area contributed by atoms with E-state index in [1.54, 1.807) is 24.3 Å². The number of nitrogens with zero attached hydrogens (tertiary/aromatic N) is 4. The van der Waals surface area contributed by atoms with Crippen LogP contribution in [0.3, 0.4) is 0 Å². The molecule has 0 aliphatic rings. The highest BCUT2D eigenvalue weighted by molar-refractivity contribution is 6.31. The van der Waals surface area contributed by atoms with E-state index in [-0.39, 0.29) is 5.69 Å². The fraction of sp³-hybridized carbons (Fsp3) is 0.273. The molecule has 2 aromatic carbocycles. The predicted octanol–water partition coefficient (Wildman–Crippen LogP) is 5.12. The SMILES string of the molecule is CCN(CC)CCNc1nc(/C=C/c2ccc([N+](=O)[O-])cc2)nc2ccc(Cl)cc12. The Morgan fingerprint density at radius 2 is 1.83 bits per heavy atom. The first-order valence-corrected chi connectivity index (χ1v) is 10.2. The molecule has 0 unspecified atom stereocenters. The minimum Gasteiger partial charge on any atom is -0.368 e. The molecule has 1 aromatic heterocycles. The molecule has 8 heteroatoms. The Morgan fingerprint density at radius 3 is 2.50 bits per heavy atom. The van der Waals surface area contributed by atoms with Gasteiger partial charge >= 0.3 is 0 Å². The molecule has 0 saturated heterocycles. The highest BCUT2D eigenvalue weighted by atomic mass is 35.5. The summed E-state index contributed by atoms with van der Waals surface area (Å²) in [5.41, 5.74) is 1.69. The number of aromatic nitrogens is 2. The minimum atomic E-state index is -0.415. The highest BCUT2D eigenvalue weighted by Crippen LogP contribution is 2.24. The van der Waals surface area contributed by atoms with Crippen LogP contribution in [0.15, 0.2) is 42.5 Å². The van der Waals surface area contributed by atoms with Crippen LogP contribution in [-0.4, -0.2) is 46.0 Å². The number of hydrogen-bond acceptors (Lipinski definition) is 6. The second-order valence-electron chi connectivity index (χ2n) is 6.73. The largest absolute Gasteiger partial charge is 0.368 e. The van der Waals surface area contributed by atoms with E-state index in [2.05, 4.69) is 34.0 Å². The Bertz CT molecular complexity index is 1050. The molecule has 0 aliphatic heterocycles. The minimum absolute atomic E-state index is 0.0608. The molecule has 1 heterocycles. The summed E-state index contributed by atoms with van der Waals surface area (Å²) < 4.78 is 0. The molecule has 0 amide bonds. The third kappa shape index (κ3) is 5.52. The number of fused-ring (bicyclic) bond motifs is 1. The Kier molecular flexibility index (Phi) is 7.32. The lowest BCUT2D eigenvalue weighted by Gasteiger charge is -2.18. The maximum absolute atomic E-state index is 10.8. The quantitative estimate of drug-likeness (QED) is 0.378. The first-order chi connectivity index (χ1) is 14.5. The maximum Gasteiger partial charge on any atom is 0.269 e. The van der Waals surface area contributed by atoms with Crippen LogP contribution in [0, 0.1) is 10.1 Å². The average molecular weight is 426 g/mol. The monoisotopic (exact) mass is 425 g/mol. The van der Waals surface area contributed by atoms with E-state index in [1.165, 1.54) is 12.1 Å². The zero-order valence-corrected chi connectivity index (χ0v) is 17.8. The van der Waals surface area contributed by atoms with E-state index >= 15 is 0 Å². The van der Waals surface area contributed by atoms with Gasteiger partial charge in [-0.3, -0.25) is 10.1 Å². The summed E-state index contributed by atoms with van der Waals surface area (Å²) in [6, 6.07) is 11.9. The van der Waals surface area contributed by atoms with Gasteiger partial charge in [-0.15, -0.1) is 0 Å². The second-order valence-corrected chi connectivity index (χ2v) is 7.16. The van der Waals surface area contributed by atoms with E-state index < -0.39 is 4.92 Å². The summed E-state index contributed by atoms with van der Waals surface area (Å²) in [5, 5.41) is 15.7. The highest BCUT2D eigenvalue weighted by Gasteiger charge is 2.08. The van der Waals surface area contributed by atoms with E-state index in [0.29, 0.717) is 10.8 Å². The van der Waals surface area contributed by atoms with Gasteiger partial charge in [0.05, 0.1) is 10.4 Å². The van der Waals surface area contributed by atoms with Crippen molar-refractivity contribution in [2.45, 2.75) is 13.8 Å². The third-order valence-corrected chi connectivity index (χ3v) is 5.05. The van der Waals surface area contributed by atoms with E-state index in [4.69, 9.17) is 11.6 Å². The van der Waals surface area contributed by atoms with Crippen LogP contribution in [0.25, 0.3) is 23.1 Å². The molecule has 7 nitrogen and oxygen atoms in total. The van der Waals surface area contributed by atoms with E-state index in [1.807, 2.05) is 18.2 Å². The number of likely N-dealkylation sites (N-methyl/N-ethyl adjacent to an activating group) is 1. The maximum atomic E-state index is 10.8. The van der Waals surface area contributed by atoms with Crippen LogP contribution >= 0.6 is 11.6 Å². The van der Waals surface area contributed by atoms with Gasteiger partial charge in [0.2, 0.25) is 0 Å². The summed E-state index contributed by atoms with van der Waals surface area (Å²) >= 11 is 6.18. The van der Waals surface area contributed by atoms with Crippen LogP contribution < -0.4 is 5.32 Å². The van der Waals surface area contributed by atoms with Crippen LogP contribution in [-0.2, 0) is 0 Å². The topological polar surface area (TPSA) is 84.2 Å². The van der Waals surface area contributed by atoms with Crippen molar-refractivity contribution >= 4 is 46.2 Å². The Hall–Kier alpha value is -3.03. The molecule has 0 spiro atoms. The van der Waals surface area contributed by atoms with E-state index in [0.717, 1.165) is 48.5 Å². The zero-order valence-electron chi connectivity index (χ0n) is 17.0. The summed E-state index contributed by atoms with van der Waals surface area (Å²) in [5.74, 6) is 1.28. The molecule has 0 aliphatic carbocycles. The van der Waals surface area contributed by atoms with Gasteiger partial charge in [0, 0.05) is 35.6 Å². The molecule has 1 N–H and O–H groups in total. The fourth-order valence-corrected chi connectivity index (χ4v) is 3.25. The molecular formula is C22H24ClN5O2. The van der Waals surface area contributed by atoms with Gasteiger partial charge < -0.3 is 10.2 Å². The molecule has 3 rings (SSSR count). The number of rotatable bonds is 9. The van der Waals surface area contributed by atoms with Gasteiger partial charge in [-0.1, -0.05) is 31.5 Å². The molecule has 0 radical (unpaired) electrons. The van der Waals surface area contributed by atoms with Crippen molar-refractivity contribution in [1.29, 1.82) is 0 Å². The second kappa shape index (κ2) is 10.1. The normalized spacial score (nSPS) is 11.5. The summed E-state index contributed by atoms with van der Waals surface area (Å²) in [6.07, 6.45) is 3.63. The molecule has 0 atom stereocenters. The van der Waals surface area contributed by atoms with Crippen molar-refractivity contribution < 1.29 is 4.92 Å². The molecule has 0 saturated carbocycles. The Morgan fingerprint density at radius 1 is 1.10 bits per heavy atom. The van der Waals surface area contributed by atoms with Crippen LogP contribution in [0.4, 0.5) is 11.5 Å². The van der Waals surface area contributed by atoms with Crippen molar-refractivity contribution in [2.24, 2.45) is 0 Å². The summed E-state index contributed by atoms with van der Waals surface area (Å²) in [6.45, 7) is 7.95. The lowest BCUT2D eigenvalue weighted by atomic mass is 10.2. The number of nitro groups is 1. The first kappa shape index (κ1) is 21.7. The third-order valence-electron chi connectivity index (χ3n) is 4.82. The van der Waals surface area contributed by atoms with Gasteiger partial charge in [0.25, 0.3) is 5.69 Å². The number of non-ortho nitro benzene ring substituents is 1. The molecular weight excluding hydrogens is 402 g/mol. The summed E-state index contributed by atoms with van der Waals surface area (Å²) in [4.78, 5) is 22.0. The van der Waals surface area contributed by atoms with Crippen molar-refractivity contribution in [1.82, 2.24) is 14.9 Å². The van der Waals surface area contributed by atoms with Crippen LogP contribution in [0.5, 0.6) is 0 Å². The number of hydrogen-bond donors (Lipinski definition) is 1. The van der Waals surface area contributed by atoms with Gasteiger partial charge in [-0.05, 0) is 55.1 Å². The first-order valence-electron chi connectivity index (χ1n) is 9.86. The number of anilines is 1. The van der Waals surface area contributed by atoms with Crippen LogP contribution in [0.1, 0.15) is 25.2 Å². The summed E-state index contributed by atoms with van der Waals surface area (Å²) in [7, 11) is 0. The van der Waals surface area contributed by atoms with Gasteiger partial charge in [-0.25, -0.2) is 9.97 Å². The standard InChI is InChI=1S/C22H24ClN5O2/c1-3-27(4-2)14-13-24-22-19-15-17(23)8-11-20(19)25-21(26-22)12-7-16-5-9-18(10-6-16)28(29)30/h5-12,15H,3-4,13-14H2,1-2H3,(H,24,25,26)/b12-7+. The number of halogens is 1. The number of nitro benzene ring substituents is 1. The van der Waals surface area contributed by atoms with Crippen LogP contribution in [0.2, 0.25) is 5.02 Å². The van der Waals surface area contributed by atoms with Gasteiger partial charge in [-0.2, -0.15) is 0 Å².